The highest BCUT2D eigenvalue weighted by Gasteiger charge is 2.23. The fourth-order valence-electron chi connectivity index (χ4n) is 11.1. The van der Waals surface area contributed by atoms with E-state index in [-0.39, 0.29) is 6.61 Å². The molecule has 1 amide bonds. The summed E-state index contributed by atoms with van der Waals surface area (Å²) in [4.78, 5) is 12.6. The van der Waals surface area contributed by atoms with Crippen LogP contribution in [0.4, 0.5) is 0 Å². The number of amides is 1. The van der Waals surface area contributed by atoms with Gasteiger partial charge >= 0.3 is 0 Å². The highest BCUT2D eigenvalue weighted by molar-refractivity contribution is 5.80. The van der Waals surface area contributed by atoms with Crippen molar-refractivity contribution in [1.29, 1.82) is 0 Å². The van der Waals surface area contributed by atoms with Gasteiger partial charge in [0.05, 0.1) is 18.8 Å². The Kier molecular flexibility index (Phi) is 61.3. The van der Waals surface area contributed by atoms with Crippen LogP contribution in [0.3, 0.4) is 0 Å². The zero-order valence-corrected chi connectivity index (χ0v) is 48.9. The second-order valence-electron chi connectivity index (χ2n) is 23.4. The average molecular weight is 1000 g/mol. The van der Waals surface area contributed by atoms with Crippen LogP contribution in [-0.4, -0.2) is 46.1 Å². The summed E-state index contributed by atoms with van der Waals surface area (Å²) in [6.07, 6.45) is 77.7. The first-order valence-electron chi connectivity index (χ1n) is 33.3. The molecule has 5 nitrogen and oxygen atoms in total. The van der Waals surface area contributed by atoms with Crippen molar-refractivity contribution >= 4 is 5.91 Å². The lowest BCUT2D eigenvalue weighted by Crippen LogP contribution is -2.49. The van der Waals surface area contributed by atoms with Gasteiger partial charge in [-0.1, -0.05) is 380 Å². The Balaban J connectivity index is 3.43. The minimum absolute atomic E-state index is 0.307. The molecule has 0 aromatic rings. The Hall–Kier alpha value is -0.650. The smallest absolute Gasteiger partial charge is 0.249 e. The van der Waals surface area contributed by atoms with Crippen molar-refractivity contribution in [2.45, 2.75) is 411 Å². The molecule has 4 N–H and O–H groups in total. The molecule has 0 spiro atoms. The van der Waals surface area contributed by atoms with Gasteiger partial charge in [-0.05, 0) is 12.8 Å². The van der Waals surface area contributed by atoms with E-state index in [1.165, 1.54) is 334 Å². The summed E-state index contributed by atoms with van der Waals surface area (Å²) in [5, 5.41) is 33.7. The molecular weight excluding hydrogens is 871 g/mol. The standard InChI is InChI=1S/C66H133NO4/c1-3-5-7-9-11-13-15-17-19-21-23-25-27-28-29-30-31-32-33-34-35-36-37-39-41-43-45-47-49-51-53-55-57-59-61-65(70)66(71)67-63(62-68)64(69)60-58-56-54-52-50-48-46-44-42-40-38-26-24-22-20-18-16-14-12-10-8-6-4-2/h63-65,68-70H,3-62H2,1-2H3,(H,67,71). The maximum atomic E-state index is 12.6. The number of hydrogen-bond acceptors (Lipinski definition) is 4. The molecule has 0 heterocycles. The Morgan fingerprint density at radius 2 is 0.451 bits per heavy atom. The van der Waals surface area contributed by atoms with Crippen molar-refractivity contribution in [2.24, 2.45) is 0 Å². The van der Waals surface area contributed by atoms with Crippen molar-refractivity contribution in [2.75, 3.05) is 6.61 Å². The van der Waals surface area contributed by atoms with Crippen LogP contribution >= 0.6 is 0 Å². The second kappa shape index (κ2) is 61.9. The molecule has 3 atom stereocenters. The molecule has 426 valence electrons. The molecule has 0 rings (SSSR count). The summed E-state index contributed by atoms with van der Waals surface area (Å²) >= 11 is 0. The van der Waals surface area contributed by atoms with Crippen molar-refractivity contribution in [3.63, 3.8) is 0 Å². The van der Waals surface area contributed by atoms with Gasteiger partial charge in [-0.2, -0.15) is 0 Å². The van der Waals surface area contributed by atoms with Gasteiger partial charge in [0, 0.05) is 0 Å². The van der Waals surface area contributed by atoms with E-state index in [2.05, 4.69) is 19.2 Å². The van der Waals surface area contributed by atoms with E-state index in [1.807, 2.05) is 0 Å². The largest absolute Gasteiger partial charge is 0.394 e. The molecular formula is C66H133NO4. The van der Waals surface area contributed by atoms with Crippen LogP contribution in [0.5, 0.6) is 0 Å². The second-order valence-corrected chi connectivity index (χ2v) is 23.4. The molecule has 0 aromatic carbocycles. The number of rotatable bonds is 63. The van der Waals surface area contributed by atoms with E-state index >= 15 is 0 Å². The van der Waals surface area contributed by atoms with Crippen LogP contribution in [0.1, 0.15) is 393 Å². The van der Waals surface area contributed by atoms with Gasteiger partial charge in [0.1, 0.15) is 6.10 Å². The van der Waals surface area contributed by atoms with Gasteiger partial charge in [0.25, 0.3) is 0 Å². The third-order valence-corrected chi connectivity index (χ3v) is 16.2. The Bertz CT molecular complexity index is 975. The van der Waals surface area contributed by atoms with Crippen LogP contribution in [0.25, 0.3) is 0 Å². The van der Waals surface area contributed by atoms with Crippen LogP contribution in [0.2, 0.25) is 0 Å². The van der Waals surface area contributed by atoms with Gasteiger partial charge in [-0.25, -0.2) is 0 Å². The fourth-order valence-corrected chi connectivity index (χ4v) is 11.1. The number of carbonyl (C=O) groups is 1. The lowest BCUT2D eigenvalue weighted by molar-refractivity contribution is -0.131. The predicted molar refractivity (Wildman–Crippen MR) is 315 cm³/mol. The maximum absolute atomic E-state index is 12.6. The lowest BCUT2D eigenvalue weighted by Gasteiger charge is -2.23. The zero-order chi connectivity index (χ0) is 51.4. The third kappa shape index (κ3) is 56.9. The summed E-state index contributed by atoms with van der Waals surface area (Å²) in [5.74, 6) is -0.460. The van der Waals surface area contributed by atoms with Crippen LogP contribution in [-0.2, 0) is 4.79 Å². The monoisotopic (exact) mass is 1000 g/mol. The Morgan fingerprint density at radius 1 is 0.282 bits per heavy atom. The molecule has 71 heavy (non-hydrogen) atoms. The number of aliphatic hydroxyl groups is 3. The van der Waals surface area contributed by atoms with E-state index in [1.54, 1.807) is 0 Å². The van der Waals surface area contributed by atoms with E-state index in [0.29, 0.717) is 12.8 Å². The van der Waals surface area contributed by atoms with Crippen LogP contribution in [0.15, 0.2) is 0 Å². The topological polar surface area (TPSA) is 89.8 Å². The van der Waals surface area contributed by atoms with Crippen LogP contribution < -0.4 is 5.32 Å². The van der Waals surface area contributed by atoms with Crippen LogP contribution in [0, 0.1) is 0 Å². The van der Waals surface area contributed by atoms with E-state index in [0.717, 1.165) is 32.1 Å². The first-order chi connectivity index (χ1) is 35.1. The summed E-state index contributed by atoms with van der Waals surface area (Å²) < 4.78 is 0. The molecule has 0 aromatic heterocycles. The fraction of sp³-hybridized carbons (Fsp3) is 0.985. The highest BCUT2D eigenvalue weighted by atomic mass is 16.3. The minimum atomic E-state index is -1.07. The van der Waals surface area contributed by atoms with Gasteiger partial charge in [-0.3, -0.25) is 4.79 Å². The normalized spacial score (nSPS) is 13.0. The van der Waals surface area contributed by atoms with Crippen molar-refractivity contribution in [1.82, 2.24) is 5.32 Å². The average Bonchev–Trinajstić information content (AvgIpc) is 3.38. The number of hydrogen-bond donors (Lipinski definition) is 4. The van der Waals surface area contributed by atoms with Gasteiger partial charge in [-0.15, -0.1) is 0 Å². The summed E-state index contributed by atoms with van der Waals surface area (Å²) in [6.45, 7) is 4.29. The quantitative estimate of drug-likeness (QED) is 0.0457. The molecule has 0 bridgehead atoms. The minimum Gasteiger partial charge on any atom is -0.394 e. The molecule has 0 saturated carbocycles. The number of carbonyl (C=O) groups excluding carboxylic acids is 1. The molecule has 0 saturated heterocycles. The van der Waals surface area contributed by atoms with Gasteiger partial charge in [0.2, 0.25) is 5.91 Å². The molecule has 0 aliphatic heterocycles. The summed E-state index contributed by atoms with van der Waals surface area (Å²) in [6, 6.07) is -0.708. The van der Waals surface area contributed by atoms with Gasteiger partial charge < -0.3 is 20.6 Å². The SMILES string of the molecule is CCCCCCCCCCCCCCCCCCCCCCCCCCCCCCCCCCCCC(O)C(=O)NC(CO)C(O)CCCCCCCCCCCCCCCCCCCCCCCCC. The Morgan fingerprint density at radius 3 is 0.634 bits per heavy atom. The Labute approximate surface area is 447 Å². The molecule has 0 radical (unpaired) electrons. The molecule has 5 heteroatoms. The molecule has 0 aliphatic rings. The first kappa shape index (κ1) is 70.3. The third-order valence-electron chi connectivity index (χ3n) is 16.2. The van der Waals surface area contributed by atoms with Crippen molar-refractivity contribution in [3.05, 3.63) is 0 Å². The van der Waals surface area contributed by atoms with E-state index in [9.17, 15) is 20.1 Å². The van der Waals surface area contributed by atoms with E-state index in [4.69, 9.17) is 0 Å². The van der Waals surface area contributed by atoms with Crippen molar-refractivity contribution in [3.8, 4) is 0 Å². The number of unbranched alkanes of at least 4 members (excludes halogenated alkanes) is 55. The highest BCUT2D eigenvalue weighted by Crippen LogP contribution is 2.20. The van der Waals surface area contributed by atoms with E-state index < -0.39 is 24.2 Å². The summed E-state index contributed by atoms with van der Waals surface area (Å²) in [5.41, 5.74) is 0. The predicted octanol–water partition coefficient (Wildman–Crippen LogP) is 21.2. The molecule has 0 aliphatic carbocycles. The molecule has 3 unspecified atom stereocenters. The maximum Gasteiger partial charge on any atom is 0.249 e. The number of aliphatic hydroxyl groups excluding tert-OH is 3. The number of nitrogens with one attached hydrogen (secondary N) is 1. The summed E-state index contributed by atoms with van der Waals surface area (Å²) in [7, 11) is 0. The first-order valence-corrected chi connectivity index (χ1v) is 33.3. The zero-order valence-electron chi connectivity index (χ0n) is 48.9. The lowest BCUT2D eigenvalue weighted by atomic mass is 10.0. The molecule has 0 fully saturated rings. The van der Waals surface area contributed by atoms with Gasteiger partial charge in [0.15, 0.2) is 0 Å². The van der Waals surface area contributed by atoms with Crippen molar-refractivity contribution < 1.29 is 20.1 Å².